The standard InChI is InChI=1S/2C14H19ClN2O4.Cu/c2*15-11-6-2-1-5-10(11)9-21-14(20)17-8-4-3-7-12(16)13(18)19;/h2*1-2,5-6,12H,3-4,7-9,16H2,(H,17,20)(H,18,19);/t2*12-;/m00./s1. The van der Waals surface area contributed by atoms with Gasteiger partial charge in [0.05, 0.1) is 0 Å². The Morgan fingerprint density at radius 1 is 0.674 bits per heavy atom. The van der Waals surface area contributed by atoms with Crippen molar-refractivity contribution in [1.29, 1.82) is 0 Å². The van der Waals surface area contributed by atoms with Gasteiger partial charge >= 0.3 is 24.1 Å². The van der Waals surface area contributed by atoms with E-state index in [1.165, 1.54) is 0 Å². The van der Waals surface area contributed by atoms with Crippen molar-refractivity contribution < 1.29 is 55.9 Å². The van der Waals surface area contributed by atoms with E-state index in [1.54, 1.807) is 36.4 Å². The normalized spacial score (nSPS) is 11.4. The molecule has 0 spiro atoms. The zero-order chi connectivity index (χ0) is 31.3. The van der Waals surface area contributed by atoms with Gasteiger partial charge in [-0.3, -0.25) is 9.59 Å². The summed E-state index contributed by atoms with van der Waals surface area (Å²) in [5.41, 5.74) is 12.2. The number of carboxylic acid groups (broad SMARTS) is 2. The van der Waals surface area contributed by atoms with Crippen molar-refractivity contribution in [3.05, 3.63) is 69.7 Å². The predicted octanol–water partition coefficient (Wildman–Crippen LogP) is 4.29. The summed E-state index contributed by atoms with van der Waals surface area (Å²) in [5.74, 6) is -2.02. The molecule has 0 saturated carbocycles. The molecule has 0 fully saturated rings. The minimum atomic E-state index is -1.01. The van der Waals surface area contributed by atoms with Crippen LogP contribution in [0.25, 0.3) is 0 Å². The quantitative estimate of drug-likeness (QED) is 0.109. The van der Waals surface area contributed by atoms with Crippen molar-refractivity contribution in [1.82, 2.24) is 10.6 Å². The van der Waals surface area contributed by atoms with Gasteiger partial charge in [0.2, 0.25) is 0 Å². The second-order valence-electron chi connectivity index (χ2n) is 9.07. The number of unbranched alkanes of at least 4 members (excludes halogenated alkanes) is 2. The zero-order valence-electron chi connectivity index (χ0n) is 23.4. The summed E-state index contributed by atoms with van der Waals surface area (Å²) in [5, 5.41) is 23.5. The minimum Gasteiger partial charge on any atom is -0.480 e. The molecule has 0 aliphatic carbocycles. The SMILES string of the molecule is N[C@@H](CCCCNC(=O)OCc1ccccc1Cl)C(=O)O.N[C@@H](CCCCNC(=O)OCc1ccccc1Cl)C(=O)O.[Cu]. The third-order valence-electron chi connectivity index (χ3n) is 5.69. The van der Waals surface area contributed by atoms with Crippen LogP contribution in [0.4, 0.5) is 9.59 Å². The molecule has 0 unspecified atom stereocenters. The Bertz CT molecular complexity index is 1060. The van der Waals surface area contributed by atoms with Gasteiger partial charge in [-0.05, 0) is 50.7 Å². The van der Waals surface area contributed by atoms with E-state index in [0.29, 0.717) is 61.7 Å². The van der Waals surface area contributed by atoms with E-state index in [0.717, 1.165) is 11.1 Å². The maximum atomic E-state index is 11.4. The molecule has 243 valence electrons. The van der Waals surface area contributed by atoms with Crippen LogP contribution in [0, 0.1) is 0 Å². The number of carbonyl (C=O) groups excluding carboxylic acids is 2. The smallest absolute Gasteiger partial charge is 0.407 e. The number of hydrogen-bond acceptors (Lipinski definition) is 8. The van der Waals surface area contributed by atoms with E-state index < -0.39 is 36.2 Å². The fourth-order valence-electron chi connectivity index (χ4n) is 3.23. The monoisotopic (exact) mass is 691 g/mol. The summed E-state index contributed by atoms with van der Waals surface area (Å²) in [7, 11) is 0. The molecule has 2 atom stereocenters. The van der Waals surface area contributed by atoms with E-state index in [4.69, 9.17) is 54.4 Å². The van der Waals surface area contributed by atoms with Crippen LogP contribution in [0.2, 0.25) is 10.0 Å². The first-order valence-corrected chi connectivity index (χ1v) is 14.0. The molecule has 0 aliphatic heterocycles. The molecule has 0 bridgehead atoms. The van der Waals surface area contributed by atoms with Crippen LogP contribution in [0.15, 0.2) is 48.5 Å². The largest absolute Gasteiger partial charge is 0.480 e. The molecule has 2 rings (SSSR count). The van der Waals surface area contributed by atoms with Gasteiger partial charge in [-0.25, -0.2) is 9.59 Å². The first-order chi connectivity index (χ1) is 20.0. The van der Waals surface area contributed by atoms with Crippen LogP contribution in [0.3, 0.4) is 0 Å². The van der Waals surface area contributed by atoms with Crippen LogP contribution in [-0.4, -0.2) is 59.5 Å². The summed E-state index contributed by atoms with van der Waals surface area (Å²) in [6.45, 7) is 1.03. The number of carbonyl (C=O) groups is 4. The Hall–Kier alpha value is -3.06. The Labute approximate surface area is 271 Å². The van der Waals surface area contributed by atoms with E-state index in [9.17, 15) is 19.2 Å². The second kappa shape index (κ2) is 23.4. The van der Waals surface area contributed by atoms with Gasteiger partial charge < -0.3 is 41.8 Å². The van der Waals surface area contributed by atoms with Crippen LogP contribution >= 0.6 is 23.2 Å². The molecule has 8 N–H and O–H groups in total. The number of nitrogens with two attached hydrogens (primary N) is 2. The summed E-state index contributed by atoms with van der Waals surface area (Å²) in [6.07, 6.45) is 2.23. The Kier molecular flexibility index (Phi) is 21.7. The maximum absolute atomic E-state index is 11.4. The van der Waals surface area contributed by atoms with Crippen molar-refractivity contribution in [3.63, 3.8) is 0 Å². The number of alkyl carbamates (subject to hydrolysis) is 2. The fraction of sp³-hybridized carbons (Fsp3) is 0.429. The number of hydrogen-bond donors (Lipinski definition) is 6. The van der Waals surface area contributed by atoms with Crippen molar-refractivity contribution in [2.24, 2.45) is 11.5 Å². The molecule has 2 amide bonds. The molecule has 0 aliphatic rings. The van der Waals surface area contributed by atoms with E-state index >= 15 is 0 Å². The molecule has 1 radical (unpaired) electrons. The molecule has 2 aromatic rings. The summed E-state index contributed by atoms with van der Waals surface area (Å²) < 4.78 is 10.0. The minimum absolute atomic E-state index is 0. The van der Waals surface area contributed by atoms with Gasteiger partial charge in [-0.15, -0.1) is 0 Å². The number of aliphatic carboxylic acids is 2. The maximum Gasteiger partial charge on any atom is 0.407 e. The molecule has 15 heteroatoms. The predicted molar refractivity (Wildman–Crippen MR) is 158 cm³/mol. The fourth-order valence-corrected chi connectivity index (χ4v) is 3.61. The van der Waals surface area contributed by atoms with E-state index in [-0.39, 0.29) is 30.3 Å². The van der Waals surface area contributed by atoms with Gasteiger partial charge in [0, 0.05) is 51.3 Å². The first-order valence-electron chi connectivity index (χ1n) is 13.3. The topological polar surface area (TPSA) is 203 Å². The van der Waals surface area contributed by atoms with Crippen LogP contribution in [0.1, 0.15) is 49.7 Å². The van der Waals surface area contributed by atoms with E-state index in [2.05, 4.69) is 10.6 Å². The number of nitrogens with one attached hydrogen (secondary N) is 2. The van der Waals surface area contributed by atoms with Crippen molar-refractivity contribution in [2.45, 2.75) is 63.8 Å². The van der Waals surface area contributed by atoms with Crippen molar-refractivity contribution in [3.8, 4) is 0 Å². The van der Waals surface area contributed by atoms with Gasteiger partial charge in [0.15, 0.2) is 0 Å². The van der Waals surface area contributed by atoms with Gasteiger partial charge in [0.1, 0.15) is 25.3 Å². The van der Waals surface area contributed by atoms with Crippen LogP contribution in [-0.2, 0) is 49.3 Å². The van der Waals surface area contributed by atoms with Crippen molar-refractivity contribution >= 4 is 47.3 Å². The number of halogens is 2. The van der Waals surface area contributed by atoms with E-state index in [1.807, 2.05) is 12.1 Å². The molecular weight excluding hydrogens is 655 g/mol. The third kappa shape index (κ3) is 19.0. The number of ether oxygens (including phenoxy) is 2. The molecule has 2 aromatic carbocycles. The number of amides is 2. The third-order valence-corrected chi connectivity index (χ3v) is 6.43. The second-order valence-corrected chi connectivity index (χ2v) is 9.88. The average Bonchev–Trinajstić information content (AvgIpc) is 2.96. The zero-order valence-corrected chi connectivity index (χ0v) is 25.9. The van der Waals surface area contributed by atoms with Crippen LogP contribution < -0.4 is 22.1 Å². The molecule has 0 saturated heterocycles. The Morgan fingerprint density at radius 2 is 1.02 bits per heavy atom. The number of benzene rings is 2. The van der Waals surface area contributed by atoms with Crippen LogP contribution in [0.5, 0.6) is 0 Å². The number of carboxylic acids is 2. The molecule has 43 heavy (non-hydrogen) atoms. The average molecular weight is 693 g/mol. The van der Waals surface area contributed by atoms with Gasteiger partial charge in [-0.1, -0.05) is 59.6 Å². The van der Waals surface area contributed by atoms with Gasteiger partial charge in [-0.2, -0.15) is 0 Å². The summed E-state index contributed by atoms with van der Waals surface area (Å²) >= 11 is 11.9. The summed E-state index contributed by atoms with van der Waals surface area (Å²) in [4.78, 5) is 43.9. The molecule has 12 nitrogen and oxygen atoms in total. The molecule has 0 heterocycles. The number of rotatable bonds is 16. The Balaban J connectivity index is 0.000000802. The Morgan fingerprint density at radius 3 is 1.35 bits per heavy atom. The molecular formula is C28H38Cl2CuN4O8. The van der Waals surface area contributed by atoms with Gasteiger partial charge in [0.25, 0.3) is 0 Å². The molecule has 0 aromatic heterocycles. The summed E-state index contributed by atoms with van der Waals surface area (Å²) in [6, 6.07) is 12.5. The van der Waals surface area contributed by atoms with Crippen molar-refractivity contribution in [2.75, 3.05) is 13.1 Å². The first kappa shape index (κ1) is 39.9.